The highest BCUT2D eigenvalue weighted by molar-refractivity contribution is 7.07. The van der Waals surface area contributed by atoms with Gasteiger partial charge in [0.1, 0.15) is 5.75 Å². The Kier molecular flexibility index (Phi) is 16.5. The van der Waals surface area contributed by atoms with Gasteiger partial charge < -0.3 is 19.5 Å². The number of amides is 1. The van der Waals surface area contributed by atoms with Crippen LogP contribution in [0.25, 0.3) is 0 Å². The number of anilines is 1. The maximum Gasteiger partial charge on any atom is 0.262 e. The molecule has 0 unspecified atom stereocenters. The van der Waals surface area contributed by atoms with Gasteiger partial charge >= 0.3 is 0 Å². The molecule has 0 fully saturated rings. The van der Waals surface area contributed by atoms with Crippen molar-refractivity contribution in [2.24, 2.45) is 0 Å². The third-order valence-corrected chi connectivity index (χ3v) is 8.06. The summed E-state index contributed by atoms with van der Waals surface area (Å²) in [7, 11) is 1.62. The predicted octanol–water partition coefficient (Wildman–Crippen LogP) is 8.97. The van der Waals surface area contributed by atoms with Crippen molar-refractivity contribution in [3.8, 4) is 17.2 Å². The summed E-state index contributed by atoms with van der Waals surface area (Å²) in [6.45, 7) is 3.66. The van der Waals surface area contributed by atoms with Crippen molar-refractivity contribution in [3.05, 3.63) is 65.1 Å². The number of hydrogen-bond donors (Lipinski definition) is 1. The predicted molar refractivity (Wildman–Crippen MR) is 173 cm³/mol. The molecule has 0 saturated carbocycles. The summed E-state index contributed by atoms with van der Waals surface area (Å²) in [5.74, 6) is 1.66. The summed E-state index contributed by atoms with van der Waals surface area (Å²) >= 11 is 1.66. The highest BCUT2D eigenvalue weighted by Gasteiger charge is 2.10. The zero-order valence-electron chi connectivity index (χ0n) is 25.8. The molecular formula is C35H51N2O4S+. The topological polar surface area (TPSA) is 60.7 Å². The molecule has 230 valence electrons. The average Bonchev–Trinajstić information content (AvgIpc) is 3.52. The van der Waals surface area contributed by atoms with Gasteiger partial charge in [-0.15, -0.1) is 0 Å². The number of aromatic nitrogens is 1. The fourth-order valence-electron chi connectivity index (χ4n) is 4.94. The number of nitrogens with one attached hydrogen (secondary N) is 1. The van der Waals surface area contributed by atoms with Crippen LogP contribution >= 0.6 is 11.3 Å². The van der Waals surface area contributed by atoms with E-state index < -0.39 is 0 Å². The molecule has 3 rings (SSSR count). The lowest BCUT2D eigenvalue weighted by atomic mass is 10.0. The van der Waals surface area contributed by atoms with E-state index in [2.05, 4.69) is 22.3 Å². The Balaban J connectivity index is 1.24. The van der Waals surface area contributed by atoms with E-state index in [9.17, 15) is 4.79 Å². The van der Waals surface area contributed by atoms with E-state index in [-0.39, 0.29) is 12.5 Å². The number of benzene rings is 2. The lowest BCUT2D eigenvalue weighted by Gasteiger charge is -2.13. The average molecular weight is 596 g/mol. The number of thiazole rings is 1. The van der Waals surface area contributed by atoms with E-state index in [4.69, 9.17) is 14.2 Å². The highest BCUT2D eigenvalue weighted by atomic mass is 32.1. The van der Waals surface area contributed by atoms with Crippen molar-refractivity contribution in [2.45, 2.75) is 103 Å². The summed E-state index contributed by atoms with van der Waals surface area (Å²) in [4.78, 5) is 12.4. The van der Waals surface area contributed by atoms with Gasteiger partial charge in [-0.25, -0.2) is 0 Å². The van der Waals surface area contributed by atoms with Crippen molar-refractivity contribution in [1.82, 2.24) is 0 Å². The van der Waals surface area contributed by atoms with Gasteiger partial charge in [0, 0.05) is 17.3 Å². The zero-order chi connectivity index (χ0) is 29.7. The molecule has 6 nitrogen and oxygen atoms in total. The van der Waals surface area contributed by atoms with Crippen LogP contribution in [0.2, 0.25) is 0 Å². The zero-order valence-corrected chi connectivity index (χ0v) is 26.6. The summed E-state index contributed by atoms with van der Waals surface area (Å²) in [5.41, 5.74) is 3.99. The second kappa shape index (κ2) is 20.8. The van der Waals surface area contributed by atoms with Gasteiger partial charge in [0.25, 0.3) is 5.91 Å². The summed E-state index contributed by atoms with van der Waals surface area (Å²) in [6.07, 6.45) is 20.8. The molecule has 1 aromatic heterocycles. The van der Waals surface area contributed by atoms with Crippen LogP contribution in [0.4, 0.5) is 5.69 Å². The third-order valence-electron chi connectivity index (χ3n) is 7.39. The van der Waals surface area contributed by atoms with Gasteiger partial charge in [0.05, 0.1) is 19.1 Å². The maximum absolute atomic E-state index is 12.4. The summed E-state index contributed by atoms with van der Waals surface area (Å²) < 4.78 is 19.3. The second-order valence-electron chi connectivity index (χ2n) is 11.0. The van der Waals surface area contributed by atoms with Gasteiger partial charge in [-0.1, -0.05) is 114 Å². The number of methoxy groups -OCH3 is 1. The number of carbonyl (C=O) groups is 1. The number of hydrogen-bond acceptors (Lipinski definition) is 5. The summed E-state index contributed by atoms with van der Waals surface area (Å²) in [6, 6.07) is 13.3. The Bertz CT molecular complexity index is 1120. The number of nitrogens with zero attached hydrogens (tertiary/aromatic N) is 1. The molecule has 0 aliphatic carbocycles. The first-order valence-corrected chi connectivity index (χ1v) is 16.9. The van der Waals surface area contributed by atoms with Gasteiger partial charge in [-0.05, 0) is 30.7 Å². The lowest BCUT2D eigenvalue weighted by Crippen LogP contribution is -2.30. The monoisotopic (exact) mass is 595 g/mol. The molecule has 42 heavy (non-hydrogen) atoms. The van der Waals surface area contributed by atoms with Crippen LogP contribution in [0, 0.1) is 0 Å². The van der Waals surface area contributed by atoms with E-state index in [0.717, 1.165) is 18.7 Å². The molecule has 0 saturated heterocycles. The van der Waals surface area contributed by atoms with Crippen LogP contribution < -0.4 is 24.1 Å². The van der Waals surface area contributed by atoms with Crippen molar-refractivity contribution < 1.29 is 23.6 Å². The fraction of sp³-hybridized carbons (Fsp3) is 0.543. The molecule has 1 amide bonds. The van der Waals surface area contributed by atoms with Crippen LogP contribution in [-0.4, -0.2) is 26.2 Å². The minimum Gasteiger partial charge on any atom is -0.493 e. The molecule has 1 N–H and O–H groups in total. The number of carbonyl (C=O) groups excluding carboxylic acids is 1. The van der Waals surface area contributed by atoms with Gasteiger partial charge in [0.2, 0.25) is 5.51 Å². The first-order valence-electron chi connectivity index (χ1n) is 15.9. The summed E-state index contributed by atoms with van der Waals surface area (Å²) in [5, 5.41) is 4.93. The Morgan fingerprint density at radius 1 is 0.786 bits per heavy atom. The largest absolute Gasteiger partial charge is 0.493 e. The molecule has 0 aliphatic rings. The minimum absolute atomic E-state index is 0.0884. The Labute approximate surface area is 257 Å². The van der Waals surface area contributed by atoms with Gasteiger partial charge in [-0.2, -0.15) is 4.57 Å². The quantitative estimate of drug-likeness (QED) is 0.0878. The van der Waals surface area contributed by atoms with E-state index in [1.165, 1.54) is 89.0 Å². The first-order chi connectivity index (χ1) is 20.7. The minimum atomic E-state index is -0.216. The molecule has 0 radical (unpaired) electrons. The molecule has 0 aliphatic heterocycles. The smallest absolute Gasteiger partial charge is 0.262 e. The van der Waals surface area contributed by atoms with Crippen molar-refractivity contribution in [3.63, 3.8) is 0 Å². The van der Waals surface area contributed by atoms with Crippen molar-refractivity contribution in [2.75, 3.05) is 25.6 Å². The van der Waals surface area contributed by atoms with Crippen LogP contribution in [0.5, 0.6) is 17.2 Å². The number of unbranched alkanes of at least 4 members (excludes halogenated alkanes) is 13. The Morgan fingerprint density at radius 2 is 1.43 bits per heavy atom. The van der Waals surface area contributed by atoms with Crippen LogP contribution in [0.3, 0.4) is 0 Å². The van der Waals surface area contributed by atoms with E-state index in [0.29, 0.717) is 23.9 Å². The standard InChI is InChI=1S/C35H50N2O4S/c1-3-4-5-6-7-8-9-10-11-12-13-14-15-16-24-40-33-22-21-32(26-34(33)39-2)41-28-35(38)36-31-19-17-30(18-20-31)27-37-23-25-42-29-37/h17-23,25-26,29H,3-16,24,27-28H2,1-2H3/p+1. The van der Waals surface area contributed by atoms with Gasteiger partial charge in [0.15, 0.2) is 30.8 Å². The lowest BCUT2D eigenvalue weighted by molar-refractivity contribution is -0.683. The number of ether oxygens (including phenoxy) is 3. The van der Waals surface area contributed by atoms with Gasteiger partial charge in [-0.3, -0.25) is 4.79 Å². The van der Waals surface area contributed by atoms with Crippen molar-refractivity contribution >= 4 is 22.9 Å². The Hall–Kier alpha value is -3.06. The van der Waals surface area contributed by atoms with Crippen LogP contribution in [-0.2, 0) is 11.3 Å². The van der Waals surface area contributed by atoms with Crippen LogP contribution in [0.15, 0.2) is 59.6 Å². The third kappa shape index (κ3) is 13.7. The molecular weight excluding hydrogens is 544 g/mol. The molecule has 7 heteroatoms. The fourth-order valence-corrected chi connectivity index (χ4v) is 5.54. The highest BCUT2D eigenvalue weighted by Crippen LogP contribution is 2.31. The first kappa shape index (κ1) is 33.4. The molecule has 1 heterocycles. The Morgan fingerprint density at radius 3 is 2.02 bits per heavy atom. The van der Waals surface area contributed by atoms with Crippen molar-refractivity contribution in [1.29, 1.82) is 0 Å². The maximum atomic E-state index is 12.4. The SMILES string of the molecule is CCCCCCCCCCCCCCCCOc1ccc(OCC(=O)Nc2ccc(C[n+]3ccsc3)cc2)cc1OC. The second-order valence-corrected chi connectivity index (χ2v) is 11.7. The molecule has 0 atom stereocenters. The molecule has 0 spiro atoms. The molecule has 2 aromatic carbocycles. The van der Waals surface area contributed by atoms with Crippen LogP contribution in [0.1, 0.15) is 102 Å². The van der Waals surface area contributed by atoms with E-state index in [1.807, 2.05) is 48.0 Å². The molecule has 3 aromatic rings. The van der Waals surface area contributed by atoms with E-state index in [1.54, 1.807) is 24.5 Å². The van der Waals surface area contributed by atoms with E-state index >= 15 is 0 Å². The molecule has 0 bridgehead atoms. The number of rotatable bonds is 23. The normalized spacial score (nSPS) is 10.9.